The van der Waals surface area contributed by atoms with E-state index < -0.39 is 0 Å². The van der Waals surface area contributed by atoms with Gasteiger partial charge in [0, 0.05) is 38.2 Å². The minimum absolute atomic E-state index is 0.0322. The maximum atomic E-state index is 13.2. The van der Waals surface area contributed by atoms with Crippen LogP contribution >= 0.6 is 0 Å². The second kappa shape index (κ2) is 7.29. The third kappa shape index (κ3) is 3.22. The highest BCUT2D eigenvalue weighted by molar-refractivity contribution is 5.82. The maximum absolute atomic E-state index is 13.2. The number of nitrogens with one attached hydrogen (secondary N) is 2. The van der Waals surface area contributed by atoms with E-state index in [1.54, 1.807) is 0 Å². The fourth-order valence-electron chi connectivity index (χ4n) is 4.99. The molecule has 0 radical (unpaired) electrons. The summed E-state index contributed by atoms with van der Waals surface area (Å²) >= 11 is 0. The van der Waals surface area contributed by atoms with Crippen LogP contribution in [0.15, 0.2) is 30.3 Å². The van der Waals surface area contributed by atoms with Gasteiger partial charge >= 0.3 is 0 Å². The molecule has 2 aromatic rings. The maximum Gasteiger partial charge on any atom is 0.239 e. The molecule has 7 heteroatoms. The van der Waals surface area contributed by atoms with Crippen molar-refractivity contribution >= 4 is 5.91 Å². The number of amides is 1. The average Bonchev–Trinajstić information content (AvgIpc) is 3.27. The highest BCUT2D eigenvalue weighted by Gasteiger charge is 2.43. The third-order valence-corrected chi connectivity index (χ3v) is 6.69. The van der Waals surface area contributed by atoms with Gasteiger partial charge in [0.05, 0.1) is 6.04 Å². The summed E-state index contributed by atoms with van der Waals surface area (Å²) in [7, 11) is 0. The molecule has 0 saturated carbocycles. The predicted octanol–water partition coefficient (Wildman–Crippen LogP) is 1.06. The molecule has 3 aliphatic heterocycles. The smallest absolute Gasteiger partial charge is 0.239 e. The molecule has 1 aromatic heterocycles. The fourth-order valence-corrected chi connectivity index (χ4v) is 4.99. The lowest BCUT2D eigenvalue weighted by molar-refractivity contribution is -0.133. The number of carbonyl (C=O) groups is 1. The van der Waals surface area contributed by atoms with Crippen LogP contribution in [0, 0.1) is 5.41 Å². The summed E-state index contributed by atoms with van der Waals surface area (Å²) in [6.45, 7) is 5.31. The van der Waals surface area contributed by atoms with Gasteiger partial charge in [-0.25, -0.2) is 0 Å². The first-order valence-electron chi connectivity index (χ1n) is 10.4. The van der Waals surface area contributed by atoms with E-state index in [4.69, 9.17) is 0 Å². The summed E-state index contributed by atoms with van der Waals surface area (Å²) in [6.07, 6.45) is 4.08. The summed E-state index contributed by atoms with van der Waals surface area (Å²) in [4.78, 5) is 15.2. The summed E-state index contributed by atoms with van der Waals surface area (Å²) in [5.41, 5.74) is 1.39. The summed E-state index contributed by atoms with van der Waals surface area (Å²) in [5.74, 6) is 2.14. The molecule has 4 heterocycles. The highest BCUT2D eigenvalue weighted by atomic mass is 16.2. The fraction of sp³-hybridized carbons (Fsp3) is 0.571. The lowest BCUT2D eigenvalue weighted by Gasteiger charge is -2.33. The zero-order valence-electron chi connectivity index (χ0n) is 16.2. The van der Waals surface area contributed by atoms with Crippen molar-refractivity contribution in [1.82, 2.24) is 30.3 Å². The van der Waals surface area contributed by atoms with Gasteiger partial charge < -0.3 is 20.1 Å². The topological polar surface area (TPSA) is 75.1 Å². The van der Waals surface area contributed by atoms with E-state index >= 15 is 0 Å². The van der Waals surface area contributed by atoms with E-state index in [0.29, 0.717) is 5.41 Å². The van der Waals surface area contributed by atoms with Gasteiger partial charge in [-0.2, -0.15) is 0 Å². The Balaban J connectivity index is 1.27. The van der Waals surface area contributed by atoms with Gasteiger partial charge in [-0.05, 0) is 37.8 Å². The molecule has 1 spiro atoms. The molecule has 5 rings (SSSR count). The monoisotopic (exact) mass is 380 g/mol. The van der Waals surface area contributed by atoms with Gasteiger partial charge in [-0.1, -0.05) is 30.3 Å². The molecule has 2 saturated heterocycles. The average molecular weight is 380 g/mol. The van der Waals surface area contributed by atoms with Crippen molar-refractivity contribution in [2.45, 2.75) is 38.3 Å². The number of hydrogen-bond acceptors (Lipinski definition) is 5. The van der Waals surface area contributed by atoms with Crippen LogP contribution in [0.1, 0.15) is 25.1 Å². The van der Waals surface area contributed by atoms with Crippen molar-refractivity contribution in [2.24, 2.45) is 5.41 Å². The van der Waals surface area contributed by atoms with Crippen molar-refractivity contribution in [3.63, 3.8) is 0 Å². The number of benzene rings is 1. The Kier molecular flexibility index (Phi) is 4.64. The number of hydrogen-bond donors (Lipinski definition) is 2. The van der Waals surface area contributed by atoms with Gasteiger partial charge in [0.2, 0.25) is 5.91 Å². The van der Waals surface area contributed by atoms with E-state index in [2.05, 4.69) is 37.5 Å². The van der Waals surface area contributed by atoms with Crippen LogP contribution in [0.2, 0.25) is 0 Å². The number of nitrogens with zero attached hydrogens (tertiary/aromatic N) is 4. The van der Waals surface area contributed by atoms with Crippen LogP contribution in [-0.4, -0.2) is 64.3 Å². The second-order valence-corrected chi connectivity index (χ2v) is 8.42. The molecule has 0 aliphatic carbocycles. The lowest BCUT2D eigenvalue weighted by atomic mass is 9.77. The molecular weight excluding hydrogens is 352 g/mol. The van der Waals surface area contributed by atoms with Crippen LogP contribution in [0.4, 0.5) is 0 Å². The molecule has 1 atom stereocenters. The zero-order chi connectivity index (χ0) is 19.0. The Morgan fingerprint density at radius 1 is 1.07 bits per heavy atom. The molecule has 148 valence electrons. The molecule has 2 N–H and O–H groups in total. The molecule has 1 unspecified atom stereocenters. The van der Waals surface area contributed by atoms with E-state index in [1.165, 1.54) is 12.8 Å². The van der Waals surface area contributed by atoms with Crippen molar-refractivity contribution < 1.29 is 4.79 Å². The lowest BCUT2D eigenvalue weighted by Crippen LogP contribution is -2.44. The molecule has 0 bridgehead atoms. The van der Waals surface area contributed by atoms with Crippen molar-refractivity contribution in [3.8, 4) is 11.4 Å². The Hall–Kier alpha value is -2.25. The number of carbonyl (C=O) groups excluding carboxylic acids is 1. The number of piperidine rings is 1. The first-order chi connectivity index (χ1) is 13.7. The van der Waals surface area contributed by atoms with Crippen molar-refractivity contribution in [2.75, 3.05) is 32.7 Å². The quantitative estimate of drug-likeness (QED) is 0.815. The standard InChI is InChI=1S/C21H28N6O/c28-20(17-14-21(15-23-17)7-9-22-10-8-21)26-11-6-18-24-25-19(27(18)13-12-26)16-4-2-1-3-5-16/h1-5,17,22-23H,6-15H2. The summed E-state index contributed by atoms with van der Waals surface area (Å²) < 4.78 is 2.18. The van der Waals surface area contributed by atoms with E-state index in [0.717, 1.165) is 69.3 Å². The predicted molar refractivity (Wildman–Crippen MR) is 107 cm³/mol. The van der Waals surface area contributed by atoms with Crippen LogP contribution < -0.4 is 10.6 Å². The van der Waals surface area contributed by atoms with Crippen LogP contribution in [-0.2, 0) is 17.8 Å². The zero-order valence-corrected chi connectivity index (χ0v) is 16.2. The van der Waals surface area contributed by atoms with Crippen LogP contribution in [0.5, 0.6) is 0 Å². The molecule has 28 heavy (non-hydrogen) atoms. The Morgan fingerprint density at radius 2 is 1.89 bits per heavy atom. The number of fused-ring (bicyclic) bond motifs is 1. The molecule has 1 amide bonds. The first-order valence-corrected chi connectivity index (χ1v) is 10.4. The second-order valence-electron chi connectivity index (χ2n) is 8.42. The minimum atomic E-state index is -0.0322. The Bertz CT molecular complexity index is 842. The van der Waals surface area contributed by atoms with Crippen LogP contribution in [0.25, 0.3) is 11.4 Å². The summed E-state index contributed by atoms with van der Waals surface area (Å²) in [6, 6.07) is 10.1. The van der Waals surface area contributed by atoms with Gasteiger partial charge in [-0.15, -0.1) is 10.2 Å². The van der Waals surface area contributed by atoms with E-state index in [9.17, 15) is 4.79 Å². The largest absolute Gasteiger partial charge is 0.339 e. The van der Waals surface area contributed by atoms with Crippen LogP contribution in [0.3, 0.4) is 0 Å². The third-order valence-electron chi connectivity index (χ3n) is 6.69. The van der Waals surface area contributed by atoms with Gasteiger partial charge in [-0.3, -0.25) is 4.79 Å². The Labute approximate surface area is 165 Å². The normalized spacial score (nSPS) is 24.1. The summed E-state index contributed by atoms with van der Waals surface area (Å²) in [5, 5.41) is 15.8. The van der Waals surface area contributed by atoms with Gasteiger partial charge in [0.1, 0.15) is 5.82 Å². The van der Waals surface area contributed by atoms with Crippen molar-refractivity contribution in [1.29, 1.82) is 0 Å². The Morgan fingerprint density at radius 3 is 2.71 bits per heavy atom. The molecular formula is C21H28N6O. The minimum Gasteiger partial charge on any atom is -0.339 e. The van der Waals surface area contributed by atoms with E-state index in [1.807, 2.05) is 23.1 Å². The van der Waals surface area contributed by atoms with Crippen molar-refractivity contribution in [3.05, 3.63) is 36.2 Å². The number of rotatable bonds is 2. The highest BCUT2D eigenvalue weighted by Crippen LogP contribution is 2.37. The first kappa shape index (κ1) is 17.8. The number of aromatic nitrogens is 3. The van der Waals surface area contributed by atoms with Gasteiger partial charge in [0.25, 0.3) is 0 Å². The molecule has 3 aliphatic rings. The molecule has 7 nitrogen and oxygen atoms in total. The van der Waals surface area contributed by atoms with Gasteiger partial charge in [0.15, 0.2) is 5.82 Å². The molecule has 1 aromatic carbocycles. The van der Waals surface area contributed by atoms with E-state index in [-0.39, 0.29) is 11.9 Å². The SMILES string of the molecule is O=C(C1CC2(CCNCC2)CN1)N1CCc2nnc(-c3ccccc3)n2CC1. The molecule has 2 fully saturated rings.